The zero-order valence-electron chi connectivity index (χ0n) is 23.2. The van der Waals surface area contributed by atoms with E-state index in [1.807, 2.05) is 0 Å². The quantitative estimate of drug-likeness (QED) is 0.305. The van der Waals surface area contributed by atoms with Crippen LogP contribution in [0.4, 0.5) is 31.5 Å². The molecule has 0 unspecified atom stereocenters. The van der Waals surface area contributed by atoms with Gasteiger partial charge in [-0.25, -0.2) is 19.5 Å². The van der Waals surface area contributed by atoms with E-state index in [4.69, 9.17) is 9.47 Å². The van der Waals surface area contributed by atoms with Crippen molar-refractivity contribution in [3.8, 4) is 16.9 Å². The van der Waals surface area contributed by atoms with Gasteiger partial charge in [0.2, 0.25) is 0 Å². The maximum absolute atomic E-state index is 14.0. The topological polar surface area (TPSA) is 103 Å². The number of aromatic nitrogens is 2. The molecule has 0 radical (unpaired) electrons. The molecule has 0 aliphatic heterocycles. The van der Waals surface area contributed by atoms with Crippen LogP contribution in [0.15, 0.2) is 36.7 Å². The van der Waals surface area contributed by atoms with Crippen LogP contribution >= 0.6 is 0 Å². The van der Waals surface area contributed by atoms with Crippen molar-refractivity contribution in [1.29, 1.82) is 0 Å². The lowest BCUT2D eigenvalue weighted by Crippen LogP contribution is -2.43. The summed E-state index contributed by atoms with van der Waals surface area (Å²) >= 11 is 0. The van der Waals surface area contributed by atoms with Crippen LogP contribution in [0.3, 0.4) is 0 Å². The number of imide groups is 1. The number of nitrogens with zero attached hydrogens (tertiary/aromatic N) is 3. The Balaban J connectivity index is 2.22. The first-order valence-electron chi connectivity index (χ1n) is 12.3. The second kappa shape index (κ2) is 11.5. The Bertz CT molecular complexity index is 1380. The fourth-order valence-electron chi connectivity index (χ4n) is 3.87. The maximum Gasteiger partial charge on any atom is 0.573 e. The van der Waals surface area contributed by atoms with E-state index in [2.05, 4.69) is 9.72 Å². The standard InChI is InChI=1S/C27H30F5N3O6/c1-25(2,3)40-23(37)34(24(38)41-26(4,5)6)12-16-11-18(15-7-9-17(10-8-15)39-27(30,31)32)20-21(19(16)13-36)35(14-33-20)22(28)29/h7-11,14,22,36H,12-13H2,1-6H3. The molecule has 0 saturated carbocycles. The van der Waals surface area contributed by atoms with Gasteiger partial charge >= 0.3 is 25.1 Å². The smallest absolute Gasteiger partial charge is 0.443 e. The number of hydrogen-bond acceptors (Lipinski definition) is 7. The molecule has 14 heteroatoms. The lowest BCUT2D eigenvalue weighted by atomic mass is 9.96. The second-order valence-corrected chi connectivity index (χ2v) is 11.0. The maximum atomic E-state index is 14.0. The van der Waals surface area contributed by atoms with E-state index in [0.717, 1.165) is 18.5 Å². The molecule has 9 nitrogen and oxygen atoms in total. The molecule has 2 amide bonds. The van der Waals surface area contributed by atoms with Gasteiger partial charge in [-0.15, -0.1) is 13.2 Å². The largest absolute Gasteiger partial charge is 0.573 e. The van der Waals surface area contributed by atoms with Crippen LogP contribution in [-0.4, -0.2) is 49.3 Å². The van der Waals surface area contributed by atoms with Crippen molar-refractivity contribution in [2.45, 2.75) is 78.8 Å². The Labute approximate surface area is 232 Å². The highest BCUT2D eigenvalue weighted by Crippen LogP contribution is 2.36. The number of hydrogen-bond donors (Lipinski definition) is 1. The zero-order valence-corrected chi connectivity index (χ0v) is 23.2. The molecule has 2 aromatic carbocycles. The number of alkyl halides is 5. The molecule has 0 atom stereocenters. The first-order valence-corrected chi connectivity index (χ1v) is 12.3. The number of imidazole rings is 1. The van der Waals surface area contributed by atoms with Crippen LogP contribution in [0.5, 0.6) is 5.75 Å². The van der Waals surface area contributed by atoms with Crippen LogP contribution in [-0.2, 0) is 22.6 Å². The molecule has 0 saturated heterocycles. The summed E-state index contributed by atoms with van der Waals surface area (Å²) in [6, 6.07) is 5.99. The molecule has 0 aliphatic rings. The number of amides is 2. The van der Waals surface area contributed by atoms with Crippen LogP contribution in [0, 0.1) is 0 Å². The number of aliphatic hydroxyl groups excluding tert-OH is 1. The molecule has 1 aromatic heterocycles. The highest BCUT2D eigenvalue weighted by Gasteiger charge is 2.33. The fourth-order valence-corrected chi connectivity index (χ4v) is 3.87. The average molecular weight is 588 g/mol. The van der Waals surface area contributed by atoms with Gasteiger partial charge in [0.25, 0.3) is 0 Å². The second-order valence-electron chi connectivity index (χ2n) is 11.0. The first-order chi connectivity index (χ1) is 18.8. The van der Waals surface area contributed by atoms with Crippen molar-refractivity contribution in [3.63, 3.8) is 0 Å². The molecule has 0 aliphatic carbocycles. The van der Waals surface area contributed by atoms with Gasteiger partial charge in [0.05, 0.1) is 24.2 Å². The lowest BCUT2D eigenvalue weighted by molar-refractivity contribution is -0.274. The number of fused-ring (bicyclic) bond motifs is 1. The molecular weight excluding hydrogens is 557 g/mol. The van der Waals surface area contributed by atoms with Crippen LogP contribution in [0.25, 0.3) is 22.2 Å². The molecule has 41 heavy (non-hydrogen) atoms. The molecule has 3 rings (SSSR count). The van der Waals surface area contributed by atoms with Crippen molar-refractivity contribution in [3.05, 3.63) is 47.8 Å². The predicted molar refractivity (Wildman–Crippen MR) is 137 cm³/mol. The summed E-state index contributed by atoms with van der Waals surface area (Å²) in [5.74, 6) is -0.510. The summed E-state index contributed by atoms with van der Waals surface area (Å²) in [4.78, 5) is 30.9. The Morgan fingerprint density at radius 3 is 1.95 bits per heavy atom. The van der Waals surface area contributed by atoms with Gasteiger partial charge in [-0.3, -0.25) is 4.57 Å². The highest BCUT2D eigenvalue weighted by atomic mass is 19.4. The summed E-state index contributed by atoms with van der Waals surface area (Å²) in [6.07, 6.45) is -6.25. The Kier molecular flexibility index (Phi) is 8.87. The van der Waals surface area contributed by atoms with Gasteiger partial charge in [0.1, 0.15) is 23.3 Å². The van der Waals surface area contributed by atoms with Crippen LogP contribution in [0.1, 0.15) is 59.2 Å². The van der Waals surface area contributed by atoms with E-state index >= 15 is 0 Å². The molecule has 1 N–H and O–H groups in total. The number of carbonyl (C=O) groups excluding carboxylic acids is 2. The molecule has 0 fully saturated rings. The summed E-state index contributed by atoms with van der Waals surface area (Å²) < 4.78 is 81.0. The average Bonchev–Trinajstić information content (AvgIpc) is 3.24. The summed E-state index contributed by atoms with van der Waals surface area (Å²) in [5.41, 5.74) is -1.78. The van der Waals surface area contributed by atoms with Gasteiger partial charge in [0, 0.05) is 11.1 Å². The molecule has 0 bridgehead atoms. The normalized spacial score (nSPS) is 12.5. The van der Waals surface area contributed by atoms with Gasteiger partial charge < -0.3 is 19.3 Å². The minimum absolute atomic E-state index is 0.00340. The van der Waals surface area contributed by atoms with Crippen LogP contribution < -0.4 is 4.74 Å². The van der Waals surface area contributed by atoms with E-state index in [-0.39, 0.29) is 33.3 Å². The summed E-state index contributed by atoms with van der Waals surface area (Å²) in [6.45, 7) is 5.05. The van der Waals surface area contributed by atoms with Crippen molar-refractivity contribution < 1.29 is 50.9 Å². The Hall–Kier alpha value is -3.94. The van der Waals surface area contributed by atoms with E-state index in [1.165, 1.54) is 18.2 Å². The van der Waals surface area contributed by atoms with E-state index in [0.29, 0.717) is 9.47 Å². The number of benzene rings is 2. The number of halogens is 5. The third-order valence-corrected chi connectivity index (χ3v) is 5.36. The number of aliphatic hydroxyl groups is 1. The number of rotatable bonds is 6. The first kappa shape index (κ1) is 31.6. The SMILES string of the molecule is CC(C)(C)OC(=O)N(Cc1cc(-c2ccc(OC(F)(F)F)cc2)c2ncn(C(F)F)c2c1CO)C(=O)OC(C)(C)C. The van der Waals surface area contributed by atoms with Gasteiger partial charge in [0.15, 0.2) is 0 Å². The molecule has 1 heterocycles. The minimum Gasteiger partial charge on any atom is -0.443 e. The monoisotopic (exact) mass is 587 g/mol. The molecule has 224 valence electrons. The van der Waals surface area contributed by atoms with Crippen molar-refractivity contribution in [2.75, 3.05) is 0 Å². The fraction of sp³-hybridized carbons (Fsp3) is 0.444. The third kappa shape index (κ3) is 8.06. The van der Waals surface area contributed by atoms with Gasteiger partial charge in [-0.1, -0.05) is 12.1 Å². The van der Waals surface area contributed by atoms with Crippen molar-refractivity contribution in [2.24, 2.45) is 0 Å². The van der Waals surface area contributed by atoms with Gasteiger partial charge in [-0.05, 0) is 70.9 Å². The van der Waals surface area contributed by atoms with Gasteiger partial charge in [-0.2, -0.15) is 8.78 Å². The van der Waals surface area contributed by atoms with E-state index < -0.39 is 55.2 Å². The molecule has 0 spiro atoms. The third-order valence-electron chi connectivity index (χ3n) is 5.36. The minimum atomic E-state index is -4.92. The number of carbonyl (C=O) groups is 2. The lowest BCUT2D eigenvalue weighted by Gasteiger charge is -2.29. The van der Waals surface area contributed by atoms with Crippen molar-refractivity contribution >= 4 is 23.2 Å². The Morgan fingerprint density at radius 2 is 1.51 bits per heavy atom. The zero-order chi connectivity index (χ0) is 30.9. The van der Waals surface area contributed by atoms with Crippen LogP contribution in [0.2, 0.25) is 0 Å². The van der Waals surface area contributed by atoms with E-state index in [1.54, 1.807) is 41.5 Å². The summed E-state index contributed by atoms with van der Waals surface area (Å²) in [7, 11) is 0. The molecular formula is C27H30F5N3O6. The molecule has 3 aromatic rings. The van der Waals surface area contributed by atoms with E-state index in [9.17, 15) is 36.6 Å². The summed E-state index contributed by atoms with van der Waals surface area (Å²) in [5, 5.41) is 10.3. The highest BCUT2D eigenvalue weighted by molar-refractivity contribution is 5.96. The van der Waals surface area contributed by atoms with Crippen molar-refractivity contribution in [1.82, 2.24) is 14.5 Å². The Morgan fingerprint density at radius 1 is 0.976 bits per heavy atom. The number of ether oxygens (including phenoxy) is 3. The predicted octanol–water partition coefficient (Wildman–Crippen LogP) is 7.16.